The van der Waals surface area contributed by atoms with Crippen LogP contribution in [0.5, 0.6) is 11.5 Å². The number of esters is 1. The molecule has 2 aliphatic heterocycles. The minimum atomic E-state index is -0.788. The number of Topliss-reactive ketones (excluding diaryl/α,β-unsaturated/α-hetero) is 1. The summed E-state index contributed by atoms with van der Waals surface area (Å²) in [5.41, 5.74) is 0.475. The molecule has 0 bridgehead atoms. The van der Waals surface area contributed by atoms with Gasteiger partial charge in [0.15, 0.2) is 29.6 Å². The Kier molecular flexibility index (Phi) is 5.61. The van der Waals surface area contributed by atoms with Crippen LogP contribution in [0.15, 0.2) is 34.9 Å². The summed E-state index contributed by atoms with van der Waals surface area (Å²) in [7, 11) is 0. The monoisotopic (exact) mass is 428 g/mol. The second-order valence-corrected chi connectivity index (χ2v) is 7.10. The number of anilines is 1. The van der Waals surface area contributed by atoms with E-state index in [9.17, 15) is 19.2 Å². The number of carbonyl (C=O) groups excluding carboxylic acids is 4. The maximum Gasteiger partial charge on any atom is 0.329 e. The van der Waals surface area contributed by atoms with Gasteiger partial charge in [0.25, 0.3) is 11.8 Å². The molecule has 3 heterocycles. The van der Waals surface area contributed by atoms with Gasteiger partial charge in [-0.3, -0.25) is 14.4 Å². The Morgan fingerprint density at radius 2 is 1.97 bits per heavy atom. The summed E-state index contributed by atoms with van der Waals surface area (Å²) in [6, 6.07) is 5.30. The van der Waals surface area contributed by atoms with Gasteiger partial charge in [-0.2, -0.15) is 0 Å². The second kappa shape index (κ2) is 8.50. The SMILES string of the molecule is CC(=O)c1cc2c(cc1NC(=O)COC(=O)[C@@H]1CCCN1C(=O)c1ccco1)OCO2. The molecule has 2 aliphatic rings. The fourth-order valence-electron chi connectivity index (χ4n) is 3.55. The van der Waals surface area contributed by atoms with E-state index in [1.165, 1.54) is 36.3 Å². The normalized spacial score (nSPS) is 16.8. The molecule has 1 atom stereocenters. The van der Waals surface area contributed by atoms with E-state index in [1.54, 1.807) is 6.07 Å². The van der Waals surface area contributed by atoms with Crippen LogP contribution in [0.3, 0.4) is 0 Å². The zero-order valence-corrected chi connectivity index (χ0v) is 16.7. The summed E-state index contributed by atoms with van der Waals surface area (Å²) in [6.45, 7) is 1.21. The van der Waals surface area contributed by atoms with Gasteiger partial charge in [-0.15, -0.1) is 0 Å². The first kappa shape index (κ1) is 20.5. The van der Waals surface area contributed by atoms with Crippen molar-refractivity contribution in [2.45, 2.75) is 25.8 Å². The molecule has 162 valence electrons. The number of furan rings is 1. The third-order valence-electron chi connectivity index (χ3n) is 5.03. The highest BCUT2D eigenvalue weighted by molar-refractivity contribution is 6.05. The van der Waals surface area contributed by atoms with Crippen molar-refractivity contribution in [2.24, 2.45) is 0 Å². The van der Waals surface area contributed by atoms with Gasteiger partial charge in [0.05, 0.1) is 12.0 Å². The van der Waals surface area contributed by atoms with Crippen LogP contribution >= 0.6 is 0 Å². The largest absolute Gasteiger partial charge is 0.459 e. The molecule has 2 amide bonds. The van der Waals surface area contributed by atoms with E-state index in [0.717, 1.165) is 0 Å². The van der Waals surface area contributed by atoms with Crippen LogP contribution in [0, 0.1) is 0 Å². The number of nitrogens with one attached hydrogen (secondary N) is 1. The van der Waals surface area contributed by atoms with E-state index >= 15 is 0 Å². The number of ether oxygens (including phenoxy) is 3. The first-order valence-corrected chi connectivity index (χ1v) is 9.69. The summed E-state index contributed by atoms with van der Waals surface area (Å²) in [4.78, 5) is 50.6. The minimum absolute atomic E-state index is 0.0241. The zero-order chi connectivity index (χ0) is 22.0. The summed E-state index contributed by atoms with van der Waals surface area (Å²) in [5.74, 6) is -1.03. The highest BCUT2D eigenvalue weighted by Gasteiger charge is 2.36. The van der Waals surface area contributed by atoms with E-state index in [4.69, 9.17) is 18.6 Å². The van der Waals surface area contributed by atoms with Crippen LogP contribution in [0.25, 0.3) is 0 Å². The molecule has 1 saturated heterocycles. The lowest BCUT2D eigenvalue weighted by Gasteiger charge is -2.22. The number of fused-ring (bicyclic) bond motifs is 1. The smallest absolute Gasteiger partial charge is 0.329 e. The van der Waals surface area contributed by atoms with Crippen molar-refractivity contribution in [2.75, 3.05) is 25.3 Å². The third kappa shape index (κ3) is 4.23. The number of amides is 2. The Morgan fingerprint density at radius 1 is 1.19 bits per heavy atom. The van der Waals surface area contributed by atoms with E-state index < -0.39 is 30.4 Å². The predicted octanol–water partition coefficient (Wildman–Crippen LogP) is 2.00. The highest BCUT2D eigenvalue weighted by Crippen LogP contribution is 2.37. The van der Waals surface area contributed by atoms with Gasteiger partial charge in [0.1, 0.15) is 6.04 Å². The number of hydrogen-bond acceptors (Lipinski definition) is 8. The molecule has 0 spiro atoms. The zero-order valence-electron chi connectivity index (χ0n) is 16.7. The van der Waals surface area contributed by atoms with Crippen LogP contribution in [0.4, 0.5) is 5.69 Å². The van der Waals surface area contributed by atoms with Gasteiger partial charge in [-0.25, -0.2) is 4.79 Å². The summed E-state index contributed by atoms with van der Waals surface area (Å²) in [5, 5.41) is 2.56. The Morgan fingerprint density at radius 3 is 2.68 bits per heavy atom. The third-order valence-corrected chi connectivity index (χ3v) is 5.03. The Labute approximate surface area is 177 Å². The molecule has 1 aromatic carbocycles. The van der Waals surface area contributed by atoms with E-state index in [2.05, 4.69) is 5.32 Å². The Hall–Kier alpha value is -3.82. The van der Waals surface area contributed by atoms with Crippen molar-refractivity contribution >= 4 is 29.3 Å². The van der Waals surface area contributed by atoms with Crippen LogP contribution in [-0.4, -0.2) is 54.5 Å². The van der Waals surface area contributed by atoms with Crippen molar-refractivity contribution in [1.82, 2.24) is 4.90 Å². The number of hydrogen-bond donors (Lipinski definition) is 1. The fraction of sp³-hybridized carbons (Fsp3) is 0.333. The molecule has 10 heteroatoms. The first-order chi connectivity index (χ1) is 14.9. The number of benzene rings is 1. The second-order valence-electron chi connectivity index (χ2n) is 7.10. The Balaban J connectivity index is 1.37. The van der Waals surface area contributed by atoms with Gasteiger partial charge in [-0.05, 0) is 38.0 Å². The number of ketones is 1. The molecule has 1 fully saturated rings. The topological polar surface area (TPSA) is 124 Å². The molecular formula is C21H20N2O8. The molecule has 1 aromatic heterocycles. The molecule has 2 aromatic rings. The van der Waals surface area contributed by atoms with Gasteiger partial charge in [-0.1, -0.05) is 0 Å². The van der Waals surface area contributed by atoms with E-state index in [1.807, 2.05) is 0 Å². The molecule has 1 N–H and O–H groups in total. The maximum atomic E-state index is 12.5. The number of nitrogens with zero attached hydrogens (tertiary/aromatic N) is 1. The molecule has 0 radical (unpaired) electrons. The molecule has 0 unspecified atom stereocenters. The standard InChI is InChI=1S/C21H20N2O8/c1-12(24)13-8-17-18(31-11-30-17)9-14(13)22-19(25)10-29-21(27)15-4-2-6-23(15)20(26)16-5-3-7-28-16/h3,5,7-9,15H,2,4,6,10-11H2,1H3,(H,22,25)/t15-/m0/s1. The average molecular weight is 428 g/mol. The summed E-state index contributed by atoms with van der Waals surface area (Å²) < 4.78 is 20.8. The molecule has 31 heavy (non-hydrogen) atoms. The minimum Gasteiger partial charge on any atom is -0.459 e. The number of carbonyl (C=O) groups is 4. The van der Waals surface area contributed by atoms with Crippen LogP contribution in [-0.2, 0) is 14.3 Å². The van der Waals surface area contributed by atoms with Crippen molar-refractivity contribution in [3.63, 3.8) is 0 Å². The van der Waals surface area contributed by atoms with Gasteiger partial charge >= 0.3 is 5.97 Å². The summed E-state index contributed by atoms with van der Waals surface area (Å²) in [6.07, 6.45) is 2.45. The fourth-order valence-corrected chi connectivity index (χ4v) is 3.55. The predicted molar refractivity (Wildman–Crippen MR) is 105 cm³/mol. The number of rotatable bonds is 6. The molecule has 4 rings (SSSR count). The van der Waals surface area contributed by atoms with Crippen molar-refractivity contribution in [3.05, 3.63) is 41.9 Å². The summed E-state index contributed by atoms with van der Waals surface area (Å²) >= 11 is 0. The quantitative estimate of drug-likeness (QED) is 0.547. The van der Waals surface area contributed by atoms with Crippen molar-refractivity contribution in [1.29, 1.82) is 0 Å². The first-order valence-electron chi connectivity index (χ1n) is 9.69. The highest BCUT2D eigenvalue weighted by atomic mass is 16.7. The van der Waals surface area contributed by atoms with Crippen LogP contribution in [0.2, 0.25) is 0 Å². The Bertz CT molecular complexity index is 1030. The van der Waals surface area contributed by atoms with E-state index in [-0.39, 0.29) is 29.6 Å². The van der Waals surface area contributed by atoms with Crippen molar-refractivity contribution in [3.8, 4) is 11.5 Å². The lowest BCUT2D eigenvalue weighted by Crippen LogP contribution is -2.42. The maximum absolute atomic E-state index is 12.5. The molecule has 0 saturated carbocycles. The molecule has 10 nitrogen and oxygen atoms in total. The van der Waals surface area contributed by atoms with Crippen molar-refractivity contribution < 1.29 is 37.8 Å². The molecule has 0 aliphatic carbocycles. The van der Waals surface area contributed by atoms with Gasteiger partial charge < -0.3 is 28.8 Å². The average Bonchev–Trinajstić information content (AvgIpc) is 3.51. The lowest BCUT2D eigenvalue weighted by atomic mass is 10.1. The van der Waals surface area contributed by atoms with Crippen LogP contribution in [0.1, 0.15) is 40.7 Å². The van der Waals surface area contributed by atoms with Gasteiger partial charge in [0.2, 0.25) is 6.79 Å². The van der Waals surface area contributed by atoms with E-state index in [0.29, 0.717) is 30.9 Å². The van der Waals surface area contributed by atoms with Gasteiger partial charge in [0, 0.05) is 18.2 Å². The lowest BCUT2D eigenvalue weighted by molar-refractivity contribution is -0.151. The number of likely N-dealkylation sites (tertiary alicyclic amines) is 1. The van der Waals surface area contributed by atoms with Crippen LogP contribution < -0.4 is 14.8 Å². The molecular weight excluding hydrogens is 408 g/mol.